The lowest BCUT2D eigenvalue weighted by Gasteiger charge is -2.10. The second kappa shape index (κ2) is 5.32. The van der Waals surface area contributed by atoms with E-state index in [4.69, 9.17) is 46.4 Å². The van der Waals surface area contributed by atoms with Crippen molar-refractivity contribution in [2.75, 3.05) is 5.88 Å². The molecule has 0 radical (unpaired) electrons. The van der Waals surface area contributed by atoms with Crippen molar-refractivity contribution in [3.63, 3.8) is 0 Å². The summed E-state index contributed by atoms with van der Waals surface area (Å²) in [6, 6.07) is 3.02. The Kier molecular flexibility index (Phi) is 4.65. The van der Waals surface area contributed by atoms with Crippen LogP contribution in [0.4, 0.5) is 0 Å². The van der Waals surface area contributed by atoms with Crippen LogP contribution in [-0.4, -0.2) is 16.4 Å². The molecule has 14 heavy (non-hydrogen) atoms. The summed E-state index contributed by atoms with van der Waals surface area (Å²) in [5.41, 5.74) is 0.541. The van der Waals surface area contributed by atoms with E-state index in [0.29, 0.717) is 27.9 Å². The first-order valence-electron chi connectivity index (χ1n) is 3.92. The van der Waals surface area contributed by atoms with Crippen LogP contribution in [0.2, 0.25) is 10.0 Å². The fourth-order valence-electron chi connectivity index (χ4n) is 1.05. The Hall–Kier alpha value is 0.180. The topological polar surface area (TPSA) is 20.2 Å². The lowest BCUT2D eigenvalue weighted by molar-refractivity contribution is 0.468. The van der Waals surface area contributed by atoms with Crippen LogP contribution < -0.4 is 0 Å². The summed E-state index contributed by atoms with van der Waals surface area (Å²) in [4.78, 5) is 0. The maximum absolute atomic E-state index is 9.52. The van der Waals surface area contributed by atoms with Gasteiger partial charge in [-0.15, -0.1) is 23.2 Å². The second-order valence-corrected chi connectivity index (χ2v) is 4.53. The second-order valence-electron chi connectivity index (χ2n) is 2.81. The molecule has 1 aromatic carbocycles. The van der Waals surface area contributed by atoms with Crippen LogP contribution in [0.5, 0.6) is 5.75 Å². The number of hydrogen-bond donors (Lipinski definition) is 1. The first-order valence-corrected chi connectivity index (χ1v) is 5.64. The number of phenolic OH excluding ortho intramolecular Hbond substituents is 1. The van der Waals surface area contributed by atoms with Gasteiger partial charge in [-0.1, -0.05) is 23.2 Å². The van der Waals surface area contributed by atoms with E-state index in [9.17, 15) is 5.11 Å². The summed E-state index contributed by atoms with van der Waals surface area (Å²) in [6.07, 6.45) is 0.399. The van der Waals surface area contributed by atoms with Gasteiger partial charge < -0.3 is 5.11 Å². The molecule has 1 unspecified atom stereocenters. The average Bonchev–Trinajstić information content (AvgIpc) is 2.18. The van der Waals surface area contributed by atoms with Crippen LogP contribution in [0.3, 0.4) is 0 Å². The number of aromatic hydroxyl groups is 1. The predicted octanol–water partition coefficient (Wildman–Crippen LogP) is 4.09. The average molecular weight is 274 g/mol. The van der Waals surface area contributed by atoms with Crippen molar-refractivity contribution >= 4 is 46.4 Å². The van der Waals surface area contributed by atoms with Gasteiger partial charge in [-0.3, -0.25) is 0 Å². The summed E-state index contributed by atoms with van der Waals surface area (Å²) >= 11 is 23.1. The van der Waals surface area contributed by atoms with Crippen molar-refractivity contribution in [3.05, 3.63) is 27.7 Å². The van der Waals surface area contributed by atoms with E-state index in [-0.39, 0.29) is 11.1 Å². The van der Waals surface area contributed by atoms with Crippen LogP contribution in [0, 0.1) is 0 Å². The minimum Gasteiger partial charge on any atom is -0.508 e. The predicted molar refractivity (Wildman–Crippen MR) is 62.2 cm³/mol. The lowest BCUT2D eigenvalue weighted by Crippen LogP contribution is -2.05. The summed E-state index contributed by atoms with van der Waals surface area (Å²) in [7, 11) is 0. The van der Waals surface area contributed by atoms with Crippen molar-refractivity contribution in [2.45, 2.75) is 11.8 Å². The number of alkyl halides is 2. The Morgan fingerprint density at radius 1 is 1.29 bits per heavy atom. The van der Waals surface area contributed by atoms with E-state index in [0.717, 1.165) is 0 Å². The molecule has 1 aromatic rings. The van der Waals surface area contributed by atoms with Crippen molar-refractivity contribution in [1.29, 1.82) is 0 Å². The van der Waals surface area contributed by atoms with E-state index in [1.165, 1.54) is 12.1 Å². The zero-order valence-corrected chi connectivity index (χ0v) is 10.1. The Balaban J connectivity index is 3.00. The molecule has 0 saturated carbocycles. The molecule has 5 heteroatoms. The van der Waals surface area contributed by atoms with Crippen molar-refractivity contribution in [2.24, 2.45) is 0 Å². The smallest absolute Gasteiger partial charge is 0.120 e. The van der Waals surface area contributed by atoms with E-state index in [1.807, 2.05) is 0 Å². The van der Waals surface area contributed by atoms with E-state index in [2.05, 4.69) is 0 Å². The highest BCUT2D eigenvalue weighted by atomic mass is 35.5. The molecule has 0 amide bonds. The lowest BCUT2D eigenvalue weighted by atomic mass is 10.1. The highest BCUT2D eigenvalue weighted by Gasteiger charge is 2.14. The minimum absolute atomic E-state index is 0.0927. The Morgan fingerprint density at radius 2 is 1.93 bits per heavy atom. The molecule has 0 aliphatic rings. The Labute approximate surface area is 103 Å². The van der Waals surface area contributed by atoms with Crippen LogP contribution in [0.25, 0.3) is 0 Å². The zero-order chi connectivity index (χ0) is 10.7. The zero-order valence-electron chi connectivity index (χ0n) is 7.11. The summed E-state index contributed by atoms with van der Waals surface area (Å²) < 4.78 is 0. The van der Waals surface area contributed by atoms with Gasteiger partial charge in [-0.2, -0.15) is 0 Å². The summed E-state index contributed by atoms with van der Waals surface area (Å²) in [6.45, 7) is 0. The van der Waals surface area contributed by atoms with E-state index in [1.54, 1.807) is 0 Å². The number of rotatable bonds is 3. The van der Waals surface area contributed by atoms with Crippen LogP contribution in [0.15, 0.2) is 12.1 Å². The van der Waals surface area contributed by atoms with Gasteiger partial charge in [0, 0.05) is 11.4 Å². The number of hydrogen-bond acceptors (Lipinski definition) is 1. The molecule has 0 spiro atoms. The number of halogens is 4. The molecule has 1 rings (SSSR count). The van der Waals surface area contributed by atoms with E-state index < -0.39 is 0 Å². The standard InChI is InChI=1S/C9H8Cl4O/c10-4-5(11)3-6-8(14)2-1-7(12)9(6)13/h1-2,5,14H,3-4H2. The fourth-order valence-corrected chi connectivity index (χ4v) is 1.73. The monoisotopic (exact) mass is 272 g/mol. The van der Waals surface area contributed by atoms with Gasteiger partial charge in [-0.05, 0) is 18.6 Å². The molecule has 78 valence electrons. The summed E-state index contributed by atoms with van der Waals surface area (Å²) in [5, 5.41) is 9.99. The maximum atomic E-state index is 9.52. The molecule has 0 aromatic heterocycles. The minimum atomic E-state index is -0.265. The molecule has 0 fully saturated rings. The van der Waals surface area contributed by atoms with E-state index >= 15 is 0 Å². The first-order chi connectivity index (χ1) is 6.56. The number of phenols is 1. The highest BCUT2D eigenvalue weighted by Crippen LogP contribution is 2.33. The van der Waals surface area contributed by atoms with Crippen molar-refractivity contribution in [1.82, 2.24) is 0 Å². The molecule has 0 heterocycles. The molecular weight excluding hydrogens is 266 g/mol. The highest BCUT2D eigenvalue weighted by molar-refractivity contribution is 6.42. The third kappa shape index (κ3) is 2.83. The van der Waals surface area contributed by atoms with Gasteiger partial charge in [-0.25, -0.2) is 0 Å². The van der Waals surface area contributed by atoms with Crippen molar-refractivity contribution in [3.8, 4) is 5.75 Å². The fraction of sp³-hybridized carbons (Fsp3) is 0.333. The van der Waals surface area contributed by atoms with Crippen LogP contribution in [0.1, 0.15) is 5.56 Å². The molecule has 0 saturated heterocycles. The molecule has 1 N–H and O–H groups in total. The molecule has 0 aliphatic carbocycles. The molecule has 1 atom stereocenters. The normalized spacial score (nSPS) is 12.9. The van der Waals surface area contributed by atoms with Crippen LogP contribution >= 0.6 is 46.4 Å². The Bertz CT molecular complexity index is 327. The number of benzene rings is 1. The van der Waals surface area contributed by atoms with Gasteiger partial charge in [0.2, 0.25) is 0 Å². The first kappa shape index (κ1) is 12.3. The van der Waals surface area contributed by atoms with Gasteiger partial charge >= 0.3 is 0 Å². The third-order valence-electron chi connectivity index (χ3n) is 1.76. The largest absolute Gasteiger partial charge is 0.508 e. The maximum Gasteiger partial charge on any atom is 0.120 e. The molecule has 0 bridgehead atoms. The van der Waals surface area contributed by atoms with Gasteiger partial charge in [0.15, 0.2) is 0 Å². The van der Waals surface area contributed by atoms with Crippen LogP contribution in [-0.2, 0) is 6.42 Å². The van der Waals surface area contributed by atoms with Gasteiger partial charge in [0.1, 0.15) is 5.75 Å². The Morgan fingerprint density at radius 3 is 2.50 bits per heavy atom. The quantitative estimate of drug-likeness (QED) is 0.823. The molecule has 0 aliphatic heterocycles. The third-order valence-corrected chi connectivity index (χ3v) is 3.45. The SMILES string of the molecule is Oc1ccc(Cl)c(Cl)c1CC(Cl)CCl. The summed E-state index contributed by atoms with van der Waals surface area (Å²) in [5.74, 6) is 0.388. The van der Waals surface area contributed by atoms with Gasteiger partial charge in [0.05, 0.1) is 15.4 Å². The molecule has 1 nitrogen and oxygen atoms in total. The van der Waals surface area contributed by atoms with Gasteiger partial charge in [0.25, 0.3) is 0 Å². The van der Waals surface area contributed by atoms with Crippen molar-refractivity contribution < 1.29 is 5.11 Å². The molecular formula is C9H8Cl4O.